The van der Waals surface area contributed by atoms with E-state index in [0.717, 1.165) is 6.42 Å². The molecule has 0 saturated heterocycles. The number of nitrogens with two attached hydrogens (primary N) is 1. The zero-order valence-corrected chi connectivity index (χ0v) is 12.8. The highest BCUT2D eigenvalue weighted by Crippen LogP contribution is 2.66. The quantitative estimate of drug-likeness (QED) is 0.834. The highest BCUT2D eigenvalue weighted by Gasteiger charge is 2.62. The van der Waals surface area contributed by atoms with Crippen LogP contribution in [0.4, 0.5) is 5.69 Å². The van der Waals surface area contributed by atoms with Crippen LogP contribution in [0.2, 0.25) is 0 Å². The lowest BCUT2D eigenvalue weighted by Crippen LogP contribution is -2.38. The van der Waals surface area contributed by atoms with Gasteiger partial charge in [-0.3, -0.25) is 0 Å². The van der Waals surface area contributed by atoms with Gasteiger partial charge in [0.05, 0.1) is 5.56 Å². The smallest absolute Gasteiger partial charge is 0.337 e. The Kier molecular flexibility index (Phi) is 2.98. The number of rotatable bonds is 3. The summed E-state index contributed by atoms with van der Waals surface area (Å²) in [4.78, 5) is 11.0. The summed E-state index contributed by atoms with van der Waals surface area (Å²) in [6, 6.07) is 4.86. The van der Waals surface area contributed by atoms with E-state index in [1.54, 1.807) is 12.1 Å². The van der Waals surface area contributed by atoms with E-state index in [-0.39, 0.29) is 22.8 Å². The first-order valence-corrected chi connectivity index (χ1v) is 7.55. The van der Waals surface area contributed by atoms with E-state index in [4.69, 9.17) is 15.6 Å². The van der Waals surface area contributed by atoms with Crippen molar-refractivity contribution in [2.24, 2.45) is 16.7 Å². The molecule has 3 N–H and O–H groups in total. The number of carboxylic acids is 1. The van der Waals surface area contributed by atoms with Crippen LogP contribution in [0.5, 0.6) is 5.75 Å². The summed E-state index contributed by atoms with van der Waals surface area (Å²) in [6.07, 6.45) is 3.73. The van der Waals surface area contributed by atoms with Gasteiger partial charge in [0.1, 0.15) is 11.9 Å². The molecule has 21 heavy (non-hydrogen) atoms. The first-order valence-electron chi connectivity index (χ1n) is 7.55. The maximum Gasteiger partial charge on any atom is 0.337 e. The summed E-state index contributed by atoms with van der Waals surface area (Å²) < 4.78 is 6.19. The second-order valence-electron chi connectivity index (χ2n) is 7.27. The molecule has 0 heterocycles. The lowest BCUT2D eigenvalue weighted by atomic mass is 9.70. The number of carboxylic acid groups (broad SMARTS) is 1. The number of fused-ring (bicyclic) bond motifs is 2. The molecule has 2 aliphatic rings. The number of aromatic carboxylic acids is 1. The van der Waals surface area contributed by atoms with Crippen molar-refractivity contribution in [3.8, 4) is 5.75 Å². The molecule has 2 aliphatic carbocycles. The summed E-state index contributed by atoms with van der Waals surface area (Å²) in [6.45, 7) is 7.01. The standard InChI is InChI=1S/C17H23NO3/c1-16(2)10-6-7-17(16,3)14(8-10)21-11-4-5-12(15(19)20)13(18)9-11/h4-5,9-10,14H,6-8,18H2,1-3H3,(H,19,20). The number of carbonyl (C=O) groups is 1. The van der Waals surface area contributed by atoms with Gasteiger partial charge in [0.15, 0.2) is 0 Å². The molecular formula is C17H23NO3. The van der Waals surface area contributed by atoms with Crippen LogP contribution in [0.1, 0.15) is 50.4 Å². The number of hydrogen-bond acceptors (Lipinski definition) is 3. The summed E-state index contributed by atoms with van der Waals surface area (Å²) in [7, 11) is 0. The zero-order valence-electron chi connectivity index (χ0n) is 12.8. The Morgan fingerprint density at radius 2 is 2.10 bits per heavy atom. The third-order valence-electron chi connectivity index (χ3n) is 6.25. The predicted molar refractivity (Wildman–Crippen MR) is 81.5 cm³/mol. The monoisotopic (exact) mass is 289 g/mol. The number of anilines is 1. The van der Waals surface area contributed by atoms with Crippen molar-refractivity contribution >= 4 is 11.7 Å². The zero-order chi connectivity index (χ0) is 15.4. The van der Waals surface area contributed by atoms with E-state index >= 15 is 0 Å². The van der Waals surface area contributed by atoms with E-state index in [0.29, 0.717) is 17.1 Å². The van der Waals surface area contributed by atoms with Gasteiger partial charge >= 0.3 is 5.97 Å². The van der Waals surface area contributed by atoms with Gasteiger partial charge in [-0.05, 0) is 42.7 Å². The van der Waals surface area contributed by atoms with Crippen LogP contribution in [0.25, 0.3) is 0 Å². The Labute approximate surface area is 125 Å². The first-order chi connectivity index (χ1) is 9.75. The fourth-order valence-corrected chi connectivity index (χ4v) is 4.28. The van der Waals surface area contributed by atoms with E-state index < -0.39 is 5.97 Å². The molecule has 114 valence electrons. The minimum atomic E-state index is -1.01. The van der Waals surface area contributed by atoms with Crippen LogP contribution < -0.4 is 10.5 Å². The van der Waals surface area contributed by atoms with Gasteiger partial charge in [0, 0.05) is 17.2 Å². The molecule has 0 aromatic heterocycles. The SMILES string of the molecule is CC1(C)C2CCC1(C)C(Oc1ccc(C(=O)O)c(N)c1)C2. The number of ether oxygens (including phenoxy) is 1. The Balaban J connectivity index is 1.83. The third-order valence-corrected chi connectivity index (χ3v) is 6.25. The van der Waals surface area contributed by atoms with Gasteiger partial charge in [0.25, 0.3) is 0 Å². The molecule has 1 aromatic rings. The van der Waals surface area contributed by atoms with Gasteiger partial charge in [-0.15, -0.1) is 0 Å². The fourth-order valence-electron chi connectivity index (χ4n) is 4.28. The van der Waals surface area contributed by atoms with Gasteiger partial charge < -0.3 is 15.6 Å². The highest BCUT2D eigenvalue weighted by atomic mass is 16.5. The van der Waals surface area contributed by atoms with Crippen molar-refractivity contribution in [3.63, 3.8) is 0 Å². The summed E-state index contributed by atoms with van der Waals surface area (Å²) >= 11 is 0. The third kappa shape index (κ3) is 1.92. The summed E-state index contributed by atoms with van der Waals surface area (Å²) in [5, 5.41) is 9.02. The Bertz CT molecular complexity index is 596. The van der Waals surface area contributed by atoms with Crippen molar-refractivity contribution in [2.45, 2.75) is 46.1 Å². The largest absolute Gasteiger partial charge is 0.490 e. The fraction of sp³-hybridized carbons (Fsp3) is 0.588. The highest BCUT2D eigenvalue weighted by molar-refractivity contribution is 5.93. The molecule has 0 spiro atoms. The summed E-state index contributed by atoms with van der Waals surface area (Å²) in [5.74, 6) is 0.377. The van der Waals surface area contributed by atoms with E-state index in [1.165, 1.54) is 18.9 Å². The lowest BCUT2D eigenvalue weighted by molar-refractivity contribution is 0.0302. The van der Waals surface area contributed by atoms with Gasteiger partial charge in [-0.2, -0.15) is 0 Å². The number of hydrogen-bond donors (Lipinski definition) is 2. The van der Waals surface area contributed by atoms with Gasteiger partial charge in [0.2, 0.25) is 0 Å². The Hall–Kier alpha value is -1.71. The van der Waals surface area contributed by atoms with Crippen LogP contribution in [0.15, 0.2) is 18.2 Å². The van der Waals surface area contributed by atoms with E-state index in [1.807, 2.05) is 0 Å². The molecule has 0 aliphatic heterocycles. The first kappa shape index (κ1) is 14.2. The molecule has 4 heteroatoms. The van der Waals surface area contributed by atoms with E-state index in [9.17, 15) is 4.79 Å². The topological polar surface area (TPSA) is 72.5 Å². The molecule has 0 amide bonds. The average molecular weight is 289 g/mol. The van der Waals surface area contributed by atoms with E-state index in [2.05, 4.69) is 20.8 Å². The van der Waals surface area contributed by atoms with Crippen LogP contribution in [0.3, 0.4) is 0 Å². The van der Waals surface area contributed by atoms with Crippen LogP contribution in [-0.2, 0) is 0 Å². The molecule has 3 rings (SSSR count). The second kappa shape index (κ2) is 4.39. The van der Waals surface area contributed by atoms with Crippen LogP contribution in [-0.4, -0.2) is 17.2 Å². The van der Waals surface area contributed by atoms with Crippen LogP contribution >= 0.6 is 0 Å². The summed E-state index contributed by atoms with van der Waals surface area (Å²) in [5.41, 5.74) is 6.66. The lowest BCUT2D eigenvalue weighted by Gasteiger charge is -2.38. The molecule has 2 fully saturated rings. The van der Waals surface area contributed by atoms with Crippen molar-refractivity contribution in [2.75, 3.05) is 5.73 Å². The molecule has 3 unspecified atom stereocenters. The second-order valence-corrected chi connectivity index (χ2v) is 7.27. The molecule has 1 aromatic carbocycles. The van der Waals surface area contributed by atoms with Crippen molar-refractivity contribution in [3.05, 3.63) is 23.8 Å². The Morgan fingerprint density at radius 1 is 1.38 bits per heavy atom. The minimum Gasteiger partial charge on any atom is -0.490 e. The Morgan fingerprint density at radius 3 is 2.57 bits per heavy atom. The van der Waals surface area contributed by atoms with Crippen molar-refractivity contribution < 1.29 is 14.6 Å². The van der Waals surface area contributed by atoms with Gasteiger partial charge in [-0.1, -0.05) is 20.8 Å². The van der Waals surface area contributed by atoms with Gasteiger partial charge in [-0.25, -0.2) is 4.79 Å². The maximum atomic E-state index is 11.0. The molecule has 3 atom stereocenters. The minimum absolute atomic E-state index is 0.127. The average Bonchev–Trinajstić information content (AvgIpc) is 2.71. The number of benzene rings is 1. The number of nitrogen functional groups attached to an aromatic ring is 1. The normalized spacial score (nSPS) is 33.1. The molecule has 2 bridgehead atoms. The molecule has 2 saturated carbocycles. The predicted octanol–water partition coefficient (Wildman–Crippen LogP) is 3.56. The molecule has 0 radical (unpaired) electrons. The molecular weight excluding hydrogens is 266 g/mol. The van der Waals surface area contributed by atoms with Crippen molar-refractivity contribution in [1.29, 1.82) is 0 Å². The molecule has 4 nitrogen and oxygen atoms in total. The van der Waals surface area contributed by atoms with Crippen LogP contribution in [0, 0.1) is 16.7 Å². The van der Waals surface area contributed by atoms with Crippen molar-refractivity contribution in [1.82, 2.24) is 0 Å². The maximum absolute atomic E-state index is 11.0.